The van der Waals surface area contributed by atoms with Crippen LogP contribution in [0.4, 0.5) is 36.2 Å². The van der Waals surface area contributed by atoms with E-state index in [0.717, 1.165) is 0 Å². The van der Waals surface area contributed by atoms with Crippen molar-refractivity contribution in [3.05, 3.63) is 30.6 Å². The minimum Gasteiger partial charge on any atom is -0.406 e. The van der Waals surface area contributed by atoms with E-state index in [2.05, 4.69) is 30.9 Å². The highest BCUT2D eigenvalue weighted by Gasteiger charge is 2.30. The van der Waals surface area contributed by atoms with Crippen LogP contribution in [-0.2, 0) is 0 Å². The highest BCUT2D eigenvalue weighted by atomic mass is 19.4. The fourth-order valence-electron chi connectivity index (χ4n) is 1.72. The van der Waals surface area contributed by atoms with Gasteiger partial charge < -0.3 is 21.2 Å². The maximum absolute atomic E-state index is 12.2. The van der Waals surface area contributed by atoms with E-state index < -0.39 is 6.36 Å². The van der Waals surface area contributed by atoms with E-state index >= 15 is 0 Å². The van der Waals surface area contributed by atoms with Crippen LogP contribution in [-0.4, -0.2) is 21.9 Å². The van der Waals surface area contributed by atoms with Crippen molar-refractivity contribution in [2.45, 2.75) is 32.7 Å². The van der Waals surface area contributed by atoms with Crippen LogP contribution >= 0.6 is 0 Å². The average Bonchev–Trinajstić information content (AvgIpc) is 2.48. The summed E-state index contributed by atoms with van der Waals surface area (Å²) in [5.74, 6) is 0.382. The lowest BCUT2D eigenvalue weighted by molar-refractivity contribution is -0.274. The van der Waals surface area contributed by atoms with Gasteiger partial charge in [0.2, 0.25) is 0 Å². The topological polar surface area (TPSA) is 97.1 Å². The van der Waals surface area contributed by atoms with Crippen molar-refractivity contribution in [1.29, 1.82) is 0 Å². The van der Waals surface area contributed by atoms with Crippen LogP contribution in [0.2, 0.25) is 0 Å². The summed E-state index contributed by atoms with van der Waals surface area (Å²) in [6.45, 7) is 5.88. The summed E-state index contributed by atoms with van der Waals surface area (Å²) in [7, 11) is 0. The second-order valence-corrected chi connectivity index (χ2v) is 6.18. The largest absolute Gasteiger partial charge is 0.573 e. The van der Waals surface area contributed by atoms with Crippen LogP contribution in [0.25, 0.3) is 0 Å². The lowest BCUT2D eigenvalue weighted by Crippen LogP contribution is -2.40. The normalized spacial score (nSPS) is 11.9. The Bertz CT molecular complexity index is 713. The molecule has 2 aromatic rings. The van der Waals surface area contributed by atoms with Gasteiger partial charge in [-0.2, -0.15) is 0 Å². The van der Waals surface area contributed by atoms with Gasteiger partial charge in [-0.25, -0.2) is 15.4 Å². The lowest BCUT2D eigenvalue weighted by Gasteiger charge is -2.22. The van der Waals surface area contributed by atoms with Gasteiger partial charge in [0.05, 0.1) is 0 Å². The number of anilines is 4. The summed E-state index contributed by atoms with van der Waals surface area (Å²) in [6, 6.07) is 5.22. The number of hydrogen-bond acceptors (Lipinski definition) is 7. The number of halogens is 3. The van der Waals surface area contributed by atoms with Crippen LogP contribution in [0.15, 0.2) is 30.6 Å². The molecule has 1 aromatic heterocycles. The first-order valence-electron chi connectivity index (χ1n) is 7.30. The Labute approximate surface area is 142 Å². The van der Waals surface area contributed by atoms with Crippen LogP contribution in [0.1, 0.15) is 20.8 Å². The molecule has 0 fully saturated rings. The quantitative estimate of drug-likeness (QED) is 0.610. The number of aromatic nitrogens is 2. The van der Waals surface area contributed by atoms with E-state index in [1.54, 1.807) is 0 Å². The summed E-state index contributed by atoms with van der Waals surface area (Å²) < 4.78 is 40.3. The number of nitrogens with one attached hydrogen (secondary N) is 3. The van der Waals surface area contributed by atoms with Gasteiger partial charge in [-0.05, 0) is 45.0 Å². The third-order valence-corrected chi connectivity index (χ3v) is 2.79. The second-order valence-electron chi connectivity index (χ2n) is 6.18. The minimum atomic E-state index is -4.73. The highest BCUT2D eigenvalue weighted by Crippen LogP contribution is 2.28. The Balaban J connectivity index is 2.10. The van der Waals surface area contributed by atoms with Crippen LogP contribution in [0, 0.1) is 0 Å². The Morgan fingerprint density at radius 3 is 2.16 bits per heavy atom. The lowest BCUT2D eigenvalue weighted by atomic mass is 10.1. The van der Waals surface area contributed by atoms with Gasteiger partial charge in [-0.15, -0.1) is 13.2 Å². The third kappa shape index (κ3) is 5.99. The van der Waals surface area contributed by atoms with Gasteiger partial charge >= 0.3 is 6.36 Å². The van der Waals surface area contributed by atoms with E-state index in [1.165, 1.54) is 30.6 Å². The molecule has 1 aromatic carbocycles. The van der Waals surface area contributed by atoms with Gasteiger partial charge in [-0.3, -0.25) is 0 Å². The molecule has 0 spiro atoms. The van der Waals surface area contributed by atoms with Crippen molar-refractivity contribution in [2.75, 3.05) is 16.5 Å². The van der Waals surface area contributed by atoms with Crippen molar-refractivity contribution in [1.82, 2.24) is 15.4 Å². The zero-order chi connectivity index (χ0) is 18.7. The number of ether oxygens (including phenoxy) is 1. The summed E-state index contributed by atoms with van der Waals surface area (Å²) in [4.78, 5) is 8.08. The summed E-state index contributed by atoms with van der Waals surface area (Å²) in [5, 5.41) is 2.92. The fraction of sp³-hybridized carbons (Fsp3) is 0.333. The Morgan fingerprint density at radius 1 is 1.00 bits per heavy atom. The molecule has 0 unspecified atom stereocenters. The monoisotopic (exact) mass is 356 g/mol. The van der Waals surface area contributed by atoms with Crippen molar-refractivity contribution in [3.63, 3.8) is 0 Å². The second kappa shape index (κ2) is 7.01. The molecule has 0 aliphatic carbocycles. The predicted molar refractivity (Wildman–Crippen MR) is 89.4 cm³/mol. The minimum absolute atomic E-state index is 0.209. The number of hydrazine groups is 1. The highest BCUT2D eigenvalue weighted by molar-refractivity contribution is 5.77. The van der Waals surface area contributed by atoms with E-state index in [9.17, 15) is 13.2 Å². The first-order chi connectivity index (χ1) is 11.5. The first-order valence-corrected chi connectivity index (χ1v) is 7.30. The van der Waals surface area contributed by atoms with E-state index in [0.29, 0.717) is 17.3 Å². The first kappa shape index (κ1) is 18.6. The molecule has 0 saturated carbocycles. The standard InChI is InChI=1S/C15H19F3N6O/c1-14(2,3)24-23-13-11(19)12(20-8-21-13)22-9-4-6-10(7-5-9)25-15(16,17)18/h4-8,24H,19H2,1-3H3,(H2,20,21,22,23). The molecule has 0 radical (unpaired) electrons. The summed E-state index contributed by atoms with van der Waals surface area (Å²) in [5.41, 5.74) is 12.5. The molecule has 0 atom stereocenters. The molecule has 0 aliphatic heterocycles. The molecule has 5 N–H and O–H groups in total. The van der Waals surface area contributed by atoms with Crippen molar-refractivity contribution in [3.8, 4) is 5.75 Å². The molecule has 7 nitrogen and oxygen atoms in total. The van der Waals surface area contributed by atoms with Gasteiger partial charge in [0.25, 0.3) is 0 Å². The third-order valence-electron chi connectivity index (χ3n) is 2.79. The smallest absolute Gasteiger partial charge is 0.406 e. The number of nitrogen functional groups attached to an aromatic ring is 1. The number of alkyl halides is 3. The maximum Gasteiger partial charge on any atom is 0.573 e. The molecule has 0 aliphatic rings. The van der Waals surface area contributed by atoms with Gasteiger partial charge in [0, 0.05) is 11.2 Å². The summed E-state index contributed by atoms with van der Waals surface area (Å²) in [6.07, 6.45) is -3.42. The maximum atomic E-state index is 12.2. The van der Waals surface area contributed by atoms with Crippen molar-refractivity contribution < 1.29 is 17.9 Å². The number of rotatable bonds is 5. The van der Waals surface area contributed by atoms with Crippen LogP contribution < -0.4 is 26.6 Å². The average molecular weight is 356 g/mol. The number of benzene rings is 1. The molecular weight excluding hydrogens is 337 g/mol. The predicted octanol–water partition coefficient (Wildman–Crippen LogP) is 3.42. The Hall–Kier alpha value is -2.75. The molecular formula is C15H19F3N6O. The molecule has 25 heavy (non-hydrogen) atoms. The fourth-order valence-corrected chi connectivity index (χ4v) is 1.72. The molecule has 1 heterocycles. The van der Waals surface area contributed by atoms with E-state index in [1.807, 2.05) is 20.8 Å². The SMILES string of the molecule is CC(C)(C)NNc1ncnc(Nc2ccc(OC(F)(F)F)cc2)c1N. The Kier molecular flexibility index (Phi) is 5.21. The zero-order valence-corrected chi connectivity index (χ0v) is 13.9. The molecule has 0 saturated heterocycles. The van der Waals surface area contributed by atoms with Crippen LogP contribution in [0.5, 0.6) is 5.75 Å². The van der Waals surface area contributed by atoms with Gasteiger partial charge in [0.1, 0.15) is 17.8 Å². The number of nitrogens with zero attached hydrogens (tertiary/aromatic N) is 2. The number of nitrogens with two attached hydrogens (primary N) is 1. The molecule has 0 amide bonds. The molecule has 0 bridgehead atoms. The summed E-state index contributed by atoms with van der Waals surface area (Å²) >= 11 is 0. The van der Waals surface area contributed by atoms with E-state index in [4.69, 9.17) is 5.73 Å². The molecule has 2 rings (SSSR count). The zero-order valence-electron chi connectivity index (χ0n) is 13.9. The van der Waals surface area contributed by atoms with Crippen LogP contribution in [0.3, 0.4) is 0 Å². The van der Waals surface area contributed by atoms with Crippen molar-refractivity contribution in [2.24, 2.45) is 0 Å². The van der Waals surface area contributed by atoms with Crippen molar-refractivity contribution >= 4 is 23.0 Å². The van der Waals surface area contributed by atoms with Gasteiger partial charge in [-0.1, -0.05) is 0 Å². The van der Waals surface area contributed by atoms with Gasteiger partial charge in [0.15, 0.2) is 11.6 Å². The Morgan fingerprint density at radius 2 is 1.60 bits per heavy atom. The molecule has 10 heteroatoms. The molecule has 136 valence electrons. The van der Waals surface area contributed by atoms with E-state index in [-0.39, 0.29) is 17.0 Å². The number of hydrogen-bond donors (Lipinski definition) is 4.